The normalized spacial score (nSPS) is 15.5. The molecule has 82 valence electrons. The fraction of sp³-hybridized carbons (Fsp3) is 0.333. The van der Waals surface area contributed by atoms with Gasteiger partial charge in [-0.1, -0.05) is 0 Å². The maximum absolute atomic E-state index is 11.4. The molecule has 0 atom stereocenters. The predicted octanol–water partition coefficient (Wildman–Crippen LogP) is 0.197. The van der Waals surface area contributed by atoms with E-state index < -0.39 is 10.0 Å². The number of aryl methyl sites for hydroxylation is 1. The molecule has 1 aromatic carbocycles. The second kappa shape index (κ2) is 3.80. The van der Waals surface area contributed by atoms with Crippen molar-refractivity contribution in [2.75, 3.05) is 11.9 Å². The lowest BCUT2D eigenvalue weighted by molar-refractivity contribution is 0.584. The van der Waals surface area contributed by atoms with Crippen LogP contribution in [0.5, 0.6) is 0 Å². The highest BCUT2D eigenvalue weighted by Crippen LogP contribution is 2.24. The minimum absolute atomic E-state index is 0.215. The first-order valence-corrected chi connectivity index (χ1v) is 6.21. The van der Waals surface area contributed by atoms with E-state index in [2.05, 4.69) is 5.32 Å². The zero-order valence-electron chi connectivity index (χ0n) is 8.16. The number of fused-ring (bicyclic) bond motifs is 1. The molecule has 1 aliphatic heterocycles. The first kappa shape index (κ1) is 10.4. The van der Waals surface area contributed by atoms with Crippen LogP contribution in [0.25, 0.3) is 0 Å². The molecule has 0 saturated carbocycles. The van der Waals surface area contributed by atoms with Gasteiger partial charge in [0.15, 0.2) is 0 Å². The summed E-state index contributed by atoms with van der Waals surface area (Å²) in [5.74, 6) is 4.96. The highest BCUT2D eigenvalue weighted by atomic mass is 32.2. The van der Waals surface area contributed by atoms with Crippen LogP contribution in [-0.2, 0) is 16.4 Å². The third-order valence-electron chi connectivity index (χ3n) is 2.48. The Balaban J connectivity index is 2.45. The number of nitrogens with one attached hydrogen (secondary N) is 2. The van der Waals surface area contributed by atoms with Crippen LogP contribution in [0.3, 0.4) is 0 Å². The third-order valence-corrected chi connectivity index (χ3v) is 3.67. The van der Waals surface area contributed by atoms with Crippen LogP contribution in [0.2, 0.25) is 0 Å². The van der Waals surface area contributed by atoms with E-state index >= 15 is 0 Å². The predicted molar refractivity (Wildman–Crippen MR) is 57.8 cm³/mol. The highest BCUT2D eigenvalue weighted by molar-refractivity contribution is 7.89. The van der Waals surface area contributed by atoms with Crippen LogP contribution in [0.1, 0.15) is 12.0 Å². The maximum Gasteiger partial charge on any atom is 0.253 e. The molecule has 0 spiro atoms. The molecule has 5 nitrogen and oxygen atoms in total. The Morgan fingerprint density at radius 3 is 2.93 bits per heavy atom. The molecule has 0 fully saturated rings. The molecule has 0 aromatic heterocycles. The molecule has 1 heterocycles. The molecule has 15 heavy (non-hydrogen) atoms. The summed E-state index contributed by atoms with van der Waals surface area (Å²) in [7, 11) is -3.53. The maximum atomic E-state index is 11.4. The van der Waals surface area contributed by atoms with Crippen molar-refractivity contribution < 1.29 is 8.42 Å². The SMILES string of the molecule is NNS(=O)(=O)c1ccc2c(c1)CCCN2. The largest absolute Gasteiger partial charge is 0.385 e. The van der Waals surface area contributed by atoms with E-state index in [-0.39, 0.29) is 4.90 Å². The summed E-state index contributed by atoms with van der Waals surface area (Å²) in [6.07, 6.45) is 1.92. The smallest absolute Gasteiger partial charge is 0.253 e. The van der Waals surface area contributed by atoms with Crippen molar-refractivity contribution in [2.45, 2.75) is 17.7 Å². The molecule has 0 bridgehead atoms. The van der Waals surface area contributed by atoms with Crippen LogP contribution in [0.15, 0.2) is 23.1 Å². The van der Waals surface area contributed by atoms with E-state index in [0.29, 0.717) is 0 Å². The number of hydrazine groups is 1. The third kappa shape index (κ3) is 1.97. The van der Waals surface area contributed by atoms with Gasteiger partial charge in [-0.3, -0.25) is 5.84 Å². The average molecular weight is 227 g/mol. The molecular weight excluding hydrogens is 214 g/mol. The average Bonchev–Trinajstić information content (AvgIpc) is 2.28. The molecular formula is C9H13N3O2S. The van der Waals surface area contributed by atoms with Gasteiger partial charge in [-0.25, -0.2) is 8.42 Å². The molecule has 0 radical (unpaired) electrons. The molecule has 0 aliphatic carbocycles. The Hall–Kier alpha value is -1.11. The van der Waals surface area contributed by atoms with Crippen molar-refractivity contribution in [2.24, 2.45) is 5.84 Å². The second-order valence-corrected chi connectivity index (χ2v) is 5.18. The number of nitrogens with two attached hydrogens (primary N) is 1. The fourth-order valence-electron chi connectivity index (χ4n) is 1.69. The van der Waals surface area contributed by atoms with Crippen LogP contribution >= 0.6 is 0 Å². The van der Waals surface area contributed by atoms with E-state index in [1.54, 1.807) is 18.2 Å². The lowest BCUT2D eigenvalue weighted by Gasteiger charge is -2.18. The summed E-state index contributed by atoms with van der Waals surface area (Å²) in [4.78, 5) is 2.03. The van der Waals surface area contributed by atoms with Crippen LogP contribution < -0.4 is 16.0 Å². The van der Waals surface area contributed by atoms with Gasteiger partial charge in [0.2, 0.25) is 0 Å². The number of rotatable bonds is 2. The van der Waals surface area contributed by atoms with Crippen LogP contribution in [0, 0.1) is 0 Å². The Morgan fingerprint density at radius 2 is 2.20 bits per heavy atom. The molecule has 6 heteroatoms. The number of anilines is 1. The highest BCUT2D eigenvalue weighted by Gasteiger charge is 2.15. The minimum atomic E-state index is -3.53. The van der Waals surface area contributed by atoms with Gasteiger partial charge in [0.1, 0.15) is 0 Å². The van der Waals surface area contributed by atoms with Crippen molar-refractivity contribution >= 4 is 15.7 Å². The van der Waals surface area contributed by atoms with E-state index in [4.69, 9.17) is 5.84 Å². The van der Waals surface area contributed by atoms with Crippen molar-refractivity contribution in [1.29, 1.82) is 0 Å². The van der Waals surface area contributed by atoms with Gasteiger partial charge >= 0.3 is 0 Å². The molecule has 0 amide bonds. The van der Waals surface area contributed by atoms with E-state index in [1.165, 1.54) is 0 Å². The summed E-state index contributed by atoms with van der Waals surface area (Å²) in [6, 6.07) is 4.99. The first-order chi connectivity index (χ1) is 7.13. The Morgan fingerprint density at radius 1 is 1.40 bits per heavy atom. The molecule has 1 aliphatic rings. The van der Waals surface area contributed by atoms with E-state index in [9.17, 15) is 8.42 Å². The number of benzene rings is 1. The van der Waals surface area contributed by atoms with E-state index in [0.717, 1.165) is 30.6 Å². The standard InChI is InChI=1S/C9H13N3O2S/c10-12-15(13,14)8-3-4-9-7(6-8)2-1-5-11-9/h3-4,6,11-12H,1-2,5,10H2. The summed E-state index contributed by atoms with van der Waals surface area (Å²) < 4.78 is 22.9. The van der Waals surface area contributed by atoms with Gasteiger partial charge in [0, 0.05) is 12.2 Å². The number of sulfonamides is 1. The zero-order chi connectivity index (χ0) is 10.9. The summed E-state index contributed by atoms with van der Waals surface area (Å²) >= 11 is 0. The first-order valence-electron chi connectivity index (χ1n) is 4.73. The Kier molecular flexibility index (Phi) is 2.64. The monoisotopic (exact) mass is 227 g/mol. The summed E-state index contributed by atoms with van der Waals surface area (Å²) in [6.45, 7) is 0.939. The molecule has 0 unspecified atom stereocenters. The summed E-state index contributed by atoms with van der Waals surface area (Å²) in [5, 5.41) is 3.21. The van der Waals surface area contributed by atoms with Crippen molar-refractivity contribution in [3.63, 3.8) is 0 Å². The van der Waals surface area contributed by atoms with Gasteiger partial charge < -0.3 is 5.32 Å². The molecule has 0 saturated heterocycles. The van der Waals surface area contributed by atoms with Gasteiger partial charge in [-0.05, 0) is 36.6 Å². The Labute approximate surface area is 88.7 Å². The van der Waals surface area contributed by atoms with Crippen molar-refractivity contribution in [3.05, 3.63) is 23.8 Å². The Bertz CT molecular complexity index is 470. The topological polar surface area (TPSA) is 84.2 Å². The number of hydrogen-bond acceptors (Lipinski definition) is 4. The molecule has 2 rings (SSSR count). The zero-order valence-corrected chi connectivity index (χ0v) is 8.97. The van der Waals surface area contributed by atoms with E-state index in [1.807, 2.05) is 4.83 Å². The number of hydrogen-bond donors (Lipinski definition) is 3. The van der Waals surface area contributed by atoms with Crippen LogP contribution in [0.4, 0.5) is 5.69 Å². The second-order valence-electron chi connectivity index (χ2n) is 3.47. The molecule has 4 N–H and O–H groups in total. The van der Waals surface area contributed by atoms with Crippen molar-refractivity contribution in [3.8, 4) is 0 Å². The van der Waals surface area contributed by atoms with Gasteiger partial charge in [-0.2, -0.15) is 4.83 Å². The van der Waals surface area contributed by atoms with Gasteiger partial charge in [0.25, 0.3) is 10.0 Å². The quantitative estimate of drug-likeness (QED) is 0.497. The lowest BCUT2D eigenvalue weighted by atomic mass is 10.0. The molecule has 1 aromatic rings. The summed E-state index contributed by atoms with van der Waals surface area (Å²) in [5.41, 5.74) is 2.04. The van der Waals surface area contributed by atoms with Crippen molar-refractivity contribution in [1.82, 2.24) is 4.83 Å². The van der Waals surface area contributed by atoms with Gasteiger partial charge in [-0.15, -0.1) is 0 Å². The lowest BCUT2D eigenvalue weighted by Crippen LogP contribution is -2.30. The van der Waals surface area contributed by atoms with Crippen LogP contribution in [-0.4, -0.2) is 15.0 Å². The minimum Gasteiger partial charge on any atom is -0.385 e. The van der Waals surface area contributed by atoms with Gasteiger partial charge in [0.05, 0.1) is 4.90 Å². The fourth-order valence-corrected chi connectivity index (χ4v) is 2.37.